The fourth-order valence-electron chi connectivity index (χ4n) is 5.26. The van der Waals surface area contributed by atoms with Crippen molar-refractivity contribution in [1.82, 2.24) is 19.1 Å². The average Bonchev–Trinajstić information content (AvgIpc) is 3.09. The van der Waals surface area contributed by atoms with Crippen LogP contribution in [0.2, 0.25) is 0 Å². The van der Waals surface area contributed by atoms with Gasteiger partial charge in [0.05, 0.1) is 0 Å². The molecule has 2 amide bonds. The number of aryl methyl sites for hydroxylation is 4. The van der Waals surface area contributed by atoms with Gasteiger partial charge in [-0.2, -0.15) is 0 Å². The van der Waals surface area contributed by atoms with Gasteiger partial charge in [-0.1, -0.05) is 36.4 Å². The third kappa shape index (κ3) is 11.7. The van der Waals surface area contributed by atoms with E-state index < -0.39 is 65.0 Å². The lowest BCUT2D eigenvalue weighted by Gasteiger charge is -2.22. The topological polar surface area (TPSA) is 233 Å². The molecule has 0 fully saturated rings. The van der Waals surface area contributed by atoms with Gasteiger partial charge in [-0.25, -0.2) is 19.2 Å². The lowest BCUT2D eigenvalue weighted by molar-refractivity contribution is -0.153. The van der Waals surface area contributed by atoms with E-state index in [0.29, 0.717) is 22.5 Å². The molecule has 17 heteroatoms. The van der Waals surface area contributed by atoms with Gasteiger partial charge in [0.1, 0.15) is 25.2 Å². The Kier molecular flexibility index (Phi) is 13.7. The summed E-state index contributed by atoms with van der Waals surface area (Å²) in [7, 11) is 0. The maximum Gasteiger partial charge on any atom is 0.412 e. The van der Waals surface area contributed by atoms with E-state index in [2.05, 4.69) is 20.6 Å². The molecule has 0 saturated heterocycles. The Labute approximate surface area is 308 Å². The molecular formula is C37H44N6O11. The predicted molar refractivity (Wildman–Crippen MR) is 198 cm³/mol. The highest BCUT2D eigenvalue weighted by Gasteiger charge is 2.24. The number of hydrogen-bond acceptors (Lipinski definition) is 10. The molecule has 0 unspecified atom stereocenters. The number of rotatable bonds is 16. The number of carboxylic acid groups (broad SMARTS) is 1. The Morgan fingerprint density at radius 3 is 1.65 bits per heavy atom. The number of nitrogens with one attached hydrogen (secondary N) is 4. The molecule has 0 radical (unpaired) electrons. The molecule has 2 aromatic heterocycles. The predicted octanol–water partition coefficient (Wildman–Crippen LogP) is 3.02. The van der Waals surface area contributed by atoms with Gasteiger partial charge in [-0.15, -0.1) is 0 Å². The number of aromatic nitrogens is 4. The number of ether oxygens (including phenoxy) is 3. The Bertz CT molecular complexity index is 2210. The summed E-state index contributed by atoms with van der Waals surface area (Å²) in [6, 6.07) is 13.7. The number of hydrogen-bond donors (Lipinski definition) is 5. The number of para-hydroxylation sites is 2. The van der Waals surface area contributed by atoms with Crippen LogP contribution in [0.4, 0.5) is 16.2 Å². The van der Waals surface area contributed by atoms with Crippen LogP contribution in [0.5, 0.6) is 0 Å². The first-order valence-corrected chi connectivity index (χ1v) is 17.0. The van der Waals surface area contributed by atoms with E-state index in [-0.39, 0.29) is 43.5 Å². The number of amides is 2. The summed E-state index contributed by atoms with van der Waals surface area (Å²) in [6.45, 7) is 7.46. The molecule has 0 aliphatic carbocycles. The molecule has 0 spiro atoms. The number of aromatic amines is 2. The van der Waals surface area contributed by atoms with E-state index in [1.54, 1.807) is 69.3 Å². The number of carboxylic acids is 1. The number of anilines is 2. The SMILES string of the molecule is Cc1cn(CO[C@@H](CCc2ccccc2NC(=O)[C@H](CCc2ccccc2NC(=O)OC(C)(C)C)OCn2cc(C)c(=O)[nH]c2=O)C(=O)O)c(=O)[nH]c1=O. The Hall–Kier alpha value is -6.07. The minimum Gasteiger partial charge on any atom is -0.479 e. The van der Waals surface area contributed by atoms with E-state index in [1.165, 1.54) is 26.2 Å². The Balaban J connectivity index is 1.51. The van der Waals surface area contributed by atoms with Crippen molar-refractivity contribution in [2.45, 2.75) is 91.6 Å². The largest absolute Gasteiger partial charge is 0.479 e. The summed E-state index contributed by atoms with van der Waals surface area (Å²) in [5, 5.41) is 15.4. The van der Waals surface area contributed by atoms with E-state index in [1.807, 2.05) is 0 Å². The highest BCUT2D eigenvalue weighted by molar-refractivity contribution is 5.95. The summed E-state index contributed by atoms with van der Waals surface area (Å²) in [5.41, 5.74) is -0.685. The molecule has 2 atom stereocenters. The second-order valence-corrected chi connectivity index (χ2v) is 13.5. The van der Waals surface area contributed by atoms with Gasteiger partial charge in [-0.05, 0) is 83.6 Å². The van der Waals surface area contributed by atoms with Crippen molar-refractivity contribution in [3.63, 3.8) is 0 Å². The van der Waals surface area contributed by atoms with Gasteiger partial charge in [-0.3, -0.25) is 38.8 Å². The molecule has 4 rings (SSSR count). The average molecular weight is 749 g/mol. The number of aliphatic carboxylic acids is 1. The van der Waals surface area contributed by atoms with Crippen LogP contribution in [0.15, 0.2) is 80.1 Å². The normalized spacial score (nSPS) is 12.5. The van der Waals surface area contributed by atoms with Crippen LogP contribution >= 0.6 is 0 Å². The third-order valence-electron chi connectivity index (χ3n) is 8.06. The first kappa shape index (κ1) is 40.7. The lowest BCUT2D eigenvalue weighted by Crippen LogP contribution is -2.36. The summed E-state index contributed by atoms with van der Waals surface area (Å²) in [4.78, 5) is 91.0. The second kappa shape index (κ2) is 18.1. The summed E-state index contributed by atoms with van der Waals surface area (Å²) in [6.07, 6.45) is -0.0879. The number of carbonyl (C=O) groups is 3. The first-order valence-electron chi connectivity index (χ1n) is 17.0. The van der Waals surface area contributed by atoms with Crippen molar-refractivity contribution in [2.75, 3.05) is 10.6 Å². The minimum absolute atomic E-state index is 0.0326. The highest BCUT2D eigenvalue weighted by Crippen LogP contribution is 2.23. The zero-order valence-electron chi connectivity index (χ0n) is 30.6. The van der Waals surface area contributed by atoms with E-state index in [9.17, 15) is 38.7 Å². The van der Waals surface area contributed by atoms with Gasteiger partial charge in [0.2, 0.25) is 0 Å². The fourth-order valence-corrected chi connectivity index (χ4v) is 5.26. The third-order valence-corrected chi connectivity index (χ3v) is 8.06. The smallest absolute Gasteiger partial charge is 0.412 e. The van der Waals surface area contributed by atoms with Gasteiger partial charge in [0.25, 0.3) is 17.0 Å². The summed E-state index contributed by atoms with van der Waals surface area (Å²) < 4.78 is 19.1. The molecule has 2 aromatic carbocycles. The zero-order valence-corrected chi connectivity index (χ0v) is 30.6. The van der Waals surface area contributed by atoms with Gasteiger partial charge < -0.3 is 24.6 Å². The van der Waals surface area contributed by atoms with Crippen LogP contribution in [0.3, 0.4) is 0 Å². The second-order valence-electron chi connectivity index (χ2n) is 13.5. The van der Waals surface area contributed by atoms with E-state index >= 15 is 0 Å². The maximum atomic E-state index is 13.9. The standard InChI is InChI=1S/C37H44N6O11/c1-22-18-42(34(49)40-30(22)44)20-52-28(16-14-25-11-7-9-13-27(25)39-36(51)54-37(3,4)5)32(46)38-26-12-8-6-10-24(26)15-17-29(33(47)48)53-21-43-19-23(2)31(45)41-35(43)50/h6-13,18-19,28-29H,14-17,20-21H2,1-5H3,(H,38,46)(H,39,51)(H,47,48)(H,40,44,49)(H,41,45,50)/t28-,29-/m0/s1. The van der Waals surface area contributed by atoms with Gasteiger partial charge >= 0.3 is 23.4 Å². The molecule has 5 N–H and O–H groups in total. The quantitative estimate of drug-likeness (QED) is 0.112. The van der Waals surface area contributed by atoms with E-state index in [4.69, 9.17) is 14.2 Å². The van der Waals surface area contributed by atoms with Crippen LogP contribution in [-0.4, -0.2) is 60.0 Å². The van der Waals surface area contributed by atoms with Crippen molar-refractivity contribution in [3.8, 4) is 0 Å². The molecule has 4 aromatic rings. The molecule has 0 aliphatic rings. The number of carbonyl (C=O) groups excluding carboxylic acids is 2. The van der Waals surface area contributed by atoms with Crippen LogP contribution in [0, 0.1) is 13.8 Å². The lowest BCUT2D eigenvalue weighted by atomic mass is 10.0. The van der Waals surface area contributed by atoms with Crippen molar-refractivity contribution >= 4 is 29.3 Å². The molecule has 0 saturated carbocycles. The molecule has 0 aliphatic heterocycles. The van der Waals surface area contributed by atoms with E-state index in [0.717, 1.165) is 9.13 Å². The summed E-state index contributed by atoms with van der Waals surface area (Å²) >= 11 is 0. The molecular weight excluding hydrogens is 704 g/mol. The molecule has 288 valence electrons. The number of benzene rings is 2. The van der Waals surface area contributed by atoms with Crippen LogP contribution in [0.1, 0.15) is 55.9 Å². The van der Waals surface area contributed by atoms with Crippen molar-refractivity contribution in [3.05, 3.63) is 125 Å². The number of H-pyrrole nitrogens is 2. The van der Waals surface area contributed by atoms with Gasteiger partial charge in [0.15, 0.2) is 6.10 Å². The minimum atomic E-state index is -1.34. The fraction of sp³-hybridized carbons (Fsp3) is 0.378. The maximum absolute atomic E-state index is 13.9. The van der Waals surface area contributed by atoms with Gasteiger partial charge in [0, 0.05) is 34.9 Å². The zero-order chi connectivity index (χ0) is 39.6. The molecule has 0 bridgehead atoms. The van der Waals surface area contributed by atoms with Crippen LogP contribution in [-0.2, 0) is 50.1 Å². The van der Waals surface area contributed by atoms with Crippen molar-refractivity contribution < 1.29 is 33.7 Å². The summed E-state index contributed by atoms with van der Waals surface area (Å²) in [5.74, 6) is -1.85. The van der Waals surface area contributed by atoms with Crippen LogP contribution in [0.25, 0.3) is 0 Å². The monoisotopic (exact) mass is 748 g/mol. The molecule has 2 heterocycles. The molecule has 54 heavy (non-hydrogen) atoms. The molecule has 17 nitrogen and oxygen atoms in total. The van der Waals surface area contributed by atoms with Crippen molar-refractivity contribution in [2.24, 2.45) is 0 Å². The first-order chi connectivity index (χ1) is 25.5. The number of nitrogens with zero attached hydrogens (tertiary/aromatic N) is 2. The highest BCUT2D eigenvalue weighted by atomic mass is 16.6. The Morgan fingerprint density at radius 2 is 1.17 bits per heavy atom. The van der Waals surface area contributed by atoms with Crippen molar-refractivity contribution in [1.29, 1.82) is 0 Å². The Morgan fingerprint density at radius 1 is 0.722 bits per heavy atom. The van der Waals surface area contributed by atoms with Crippen LogP contribution < -0.4 is 33.1 Å².